The average molecular weight is 347 g/mol. The molecular formula is C18H19ClN2O3. The number of carbonyl (C=O) groups excluding carboxylic acids is 2. The van der Waals surface area contributed by atoms with Crippen LogP contribution >= 0.6 is 11.6 Å². The van der Waals surface area contributed by atoms with Crippen LogP contribution in [0.2, 0.25) is 5.02 Å². The molecule has 1 aromatic rings. The Balaban J connectivity index is 1.59. The molecule has 3 heterocycles. The zero-order valence-electron chi connectivity index (χ0n) is 13.3. The summed E-state index contributed by atoms with van der Waals surface area (Å²) in [5, 5.41) is 3.66. The van der Waals surface area contributed by atoms with Crippen LogP contribution in [0.4, 0.5) is 0 Å². The molecule has 0 spiro atoms. The van der Waals surface area contributed by atoms with Crippen molar-refractivity contribution in [2.75, 3.05) is 19.7 Å². The quantitative estimate of drug-likeness (QED) is 0.848. The predicted molar refractivity (Wildman–Crippen MR) is 90.8 cm³/mol. The Hall–Kier alpha value is -2.01. The second kappa shape index (κ2) is 6.13. The van der Waals surface area contributed by atoms with Crippen molar-refractivity contribution in [3.63, 3.8) is 0 Å². The van der Waals surface area contributed by atoms with E-state index in [9.17, 15) is 9.59 Å². The van der Waals surface area contributed by atoms with Crippen molar-refractivity contribution in [3.8, 4) is 5.75 Å². The van der Waals surface area contributed by atoms with Gasteiger partial charge in [0.2, 0.25) is 5.91 Å². The van der Waals surface area contributed by atoms with Crippen molar-refractivity contribution in [1.82, 2.24) is 10.2 Å². The first kappa shape index (κ1) is 15.5. The molecule has 126 valence electrons. The van der Waals surface area contributed by atoms with Crippen LogP contribution in [-0.4, -0.2) is 42.5 Å². The third-order valence-electron chi connectivity index (χ3n) is 4.95. The van der Waals surface area contributed by atoms with Gasteiger partial charge in [0.05, 0.1) is 11.5 Å². The minimum atomic E-state index is -0.103. The van der Waals surface area contributed by atoms with Crippen molar-refractivity contribution in [3.05, 3.63) is 34.4 Å². The van der Waals surface area contributed by atoms with E-state index in [4.69, 9.17) is 16.3 Å². The van der Waals surface area contributed by atoms with E-state index in [1.54, 1.807) is 17.0 Å². The summed E-state index contributed by atoms with van der Waals surface area (Å²) in [6, 6.07) is 5.44. The minimum absolute atomic E-state index is 0.0472. The number of carbonyl (C=O) groups is 2. The summed E-state index contributed by atoms with van der Waals surface area (Å²) in [7, 11) is 0. The Morgan fingerprint density at radius 2 is 2.17 bits per heavy atom. The van der Waals surface area contributed by atoms with E-state index in [2.05, 4.69) is 5.32 Å². The van der Waals surface area contributed by atoms with Gasteiger partial charge in [-0.05, 0) is 37.1 Å². The molecule has 1 N–H and O–H groups in total. The fourth-order valence-corrected chi connectivity index (χ4v) is 3.87. The van der Waals surface area contributed by atoms with E-state index in [1.165, 1.54) is 0 Å². The predicted octanol–water partition coefficient (Wildman–Crippen LogP) is 2.24. The molecule has 0 radical (unpaired) electrons. The molecule has 4 rings (SSSR count). The molecule has 24 heavy (non-hydrogen) atoms. The normalized spacial score (nSPS) is 25.8. The molecule has 2 atom stereocenters. The summed E-state index contributed by atoms with van der Waals surface area (Å²) in [5.41, 5.74) is 1.43. The number of hydrogen-bond donors (Lipinski definition) is 1. The van der Waals surface area contributed by atoms with Crippen LogP contribution in [0.5, 0.6) is 5.75 Å². The molecule has 2 fully saturated rings. The highest BCUT2D eigenvalue weighted by Crippen LogP contribution is 2.30. The number of likely N-dealkylation sites (tertiary alicyclic amines) is 1. The highest BCUT2D eigenvalue weighted by atomic mass is 35.5. The molecule has 2 bridgehead atoms. The lowest BCUT2D eigenvalue weighted by Gasteiger charge is -2.29. The molecule has 6 heteroatoms. The van der Waals surface area contributed by atoms with E-state index in [0.29, 0.717) is 23.7 Å². The Bertz CT molecular complexity index is 731. The summed E-state index contributed by atoms with van der Waals surface area (Å²) in [6.07, 6.45) is 4.66. The van der Waals surface area contributed by atoms with Gasteiger partial charge in [0.15, 0.2) is 0 Å². The smallest absolute Gasteiger partial charge is 0.253 e. The minimum Gasteiger partial charge on any atom is -0.488 e. The van der Waals surface area contributed by atoms with E-state index in [-0.39, 0.29) is 30.4 Å². The highest BCUT2D eigenvalue weighted by molar-refractivity contribution is 6.30. The molecule has 0 aromatic heterocycles. The molecule has 0 unspecified atom stereocenters. The van der Waals surface area contributed by atoms with Gasteiger partial charge >= 0.3 is 0 Å². The average Bonchev–Trinajstić information content (AvgIpc) is 2.82. The van der Waals surface area contributed by atoms with Gasteiger partial charge in [-0.15, -0.1) is 0 Å². The van der Waals surface area contributed by atoms with Gasteiger partial charge in [-0.1, -0.05) is 18.0 Å². The summed E-state index contributed by atoms with van der Waals surface area (Å²) in [6.45, 7) is 1.31. The number of ether oxygens (including phenoxy) is 1. The highest BCUT2D eigenvalue weighted by Gasteiger charge is 2.35. The molecule has 1 aromatic carbocycles. The SMILES string of the molecule is O=C1N[C@H]2CCC[C@@H]1CN(C(=O)C1=Cc3cc(Cl)ccc3OC1)C2. The second-order valence-electron chi connectivity index (χ2n) is 6.68. The largest absolute Gasteiger partial charge is 0.488 e. The van der Waals surface area contributed by atoms with Gasteiger partial charge in [-0.2, -0.15) is 0 Å². The van der Waals surface area contributed by atoms with Gasteiger partial charge < -0.3 is 15.0 Å². The van der Waals surface area contributed by atoms with Crippen LogP contribution in [-0.2, 0) is 9.59 Å². The van der Waals surface area contributed by atoms with Crippen LogP contribution in [0.3, 0.4) is 0 Å². The number of halogens is 1. The molecule has 5 nitrogen and oxygen atoms in total. The topological polar surface area (TPSA) is 58.6 Å². The van der Waals surface area contributed by atoms with Crippen molar-refractivity contribution < 1.29 is 14.3 Å². The Kier molecular flexibility index (Phi) is 3.96. The van der Waals surface area contributed by atoms with E-state index >= 15 is 0 Å². The van der Waals surface area contributed by atoms with Crippen LogP contribution in [0.25, 0.3) is 6.08 Å². The lowest BCUT2D eigenvalue weighted by molar-refractivity contribution is -0.129. The van der Waals surface area contributed by atoms with Gasteiger partial charge in [0, 0.05) is 29.7 Å². The van der Waals surface area contributed by atoms with Crippen molar-refractivity contribution in [2.45, 2.75) is 25.3 Å². The first-order valence-corrected chi connectivity index (χ1v) is 8.70. The van der Waals surface area contributed by atoms with Crippen LogP contribution < -0.4 is 10.1 Å². The summed E-state index contributed by atoms with van der Waals surface area (Å²) >= 11 is 6.03. The van der Waals surface area contributed by atoms with Crippen molar-refractivity contribution in [1.29, 1.82) is 0 Å². The molecular weight excluding hydrogens is 328 g/mol. The summed E-state index contributed by atoms with van der Waals surface area (Å²) in [5.74, 6) is 0.668. The number of benzene rings is 1. The summed E-state index contributed by atoms with van der Waals surface area (Å²) < 4.78 is 5.69. The zero-order valence-corrected chi connectivity index (χ0v) is 14.0. The third kappa shape index (κ3) is 2.88. The molecule has 3 aliphatic heterocycles. The third-order valence-corrected chi connectivity index (χ3v) is 5.19. The van der Waals surface area contributed by atoms with Crippen LogP contribution in [0.1, 0.15) is 24.8 Å². The number of nitrogens with one attached hydrogen (secondary N) is 1. The van der Waals surface area contributed by atoms with E-state index < -0.39 is 0 Å². The maximum Gasteiger partial charge on any atom is 0.253 e. The molecule has 0 saturated carbocycles. The first-order valence-electron chi connectivity index (χ1n) is 8.33. The first-order chi connectivity index (χ1) is 11.6. The number of rotatable bonds is 1. The number of amides is 2. The number of nitrogens with zero attached hydrogens (tertiary/aromatic N) is 1. The fraction of sp³-hybridized carbons (Fsp3) is 0.444. The zero-order chi connectivity index (χ0) is 16.7. The molecule has 2 amide bonds. The van der Waals surface area contributed by atoms with Crippen molar-refractivity contribution >= 4 is 29.5 Å². The molecule has 3 aliphatic rings. The summed E-state index contributed by atoms with van der Waals surface area (Å²) in [4.78, 5) is 26.9. The Morgan fingerprint density at radius 3 is 3.04 bits per heavy atom. The van der Waals surface area contributed by atoms with Gasteiger partial charge in [-0.25, -0.2) is 0 Å². The Morgan fingerprint density at radius 1 is 1.29 bits per heavy atom. The fourth-order valence-electron chi connectivity index (χ4n) is 3.69. The molecule has 2 saturated heterocycles. The van der Waals surface area contributed by atoms with Gasteiger partial charge in [-0.3, -0.25) is 9.59 Å². The number of fused-ring (bicyclic) bond motifs is 4. The maximum absolute atomic E-state index is 12.9. The lowest BCUT2D eigenvalue weighted by atomic mass is 9.98. The van der Waals surface area contributed by atoms with Crippen LogP contribution in [0, 0.1) is 5.92 Å². The van der Waals surface area contributed by atoms with E-state index in [0.717, 1.165) is 30.6 Å². The Labute approximate surface area is 145 Å². The monoisotopic (exact) mass is 346 g/mol. The van der Waals surface area contributed by atoms with Gasteiger partial charge in [0.1, 0.15) is 12.4 Å². The standard InChI is InChI=1S/C18H19ClN2O3/c19-14-4-5-16-12(7-14)6-13(10-24-16)18(23)21-8-11-2-1-3-15(9-21)20-17(11)22/h4-7,11,15H,1-3,8-10H2,(H,20,22)/t11-,15+/m1/s1. The van der Waals surface area contributed by atoms with E-state index in [1.807, 2.05) is 12.1 Å². The maximum atomic E-state index is 12.9. The van der Waals surface area contributed by atoms with Gasteiger partial charge in [0.25, 0.3) is 5.91 Å². The van der Waals surface area contributed by atoms with Crippen molar-refractivity contribution in [2.24, 2.45) is 5.92 Å². The van der Waals surface area contributed by atoms with Crippen LogP contribution in [0.15, 0.2) is 23.8 Å². The lowest BCUT2D eigenvalue weighted by Crippen LogP contribution is -2.43. The number of hydrogen-bond acceptors (Lipinski definition) is 3. The second-order valence-corrected chi connectivity index (χ2v) is 7.12. The molecule has 0 aliphatic carbocycles.